The molecule has 3 aromatic carbocycles. The van der Waals surface area contributed by atoms with Gasteiger partial charge in [0.15, 0.2) is 23.1 Å². The van der Waals surface area contributed by atoms with Gasteiger partial charge in [-0.25, -0.2) is 13.3 Å². The Morgan fingerprint density at radius 1 is 0.955 bits per heavy atom. The summed E-state index contributed by atoms with van der Waals surface area (Å²) >= 11 is 0. The van der Waals surface area contributed by atoms with Crippen molar-refractivity contribution < 1.29 is 23.2 Å². The third kappa shape index (κ3) is 5.34. The number of rotatable bonds is 8. The molecule has 3 aromatic heterocycles. The van der Waals surface area contributed by atoms with E-state index in [0.717, 1.165) is 0 Å². The Morgan fingerprint density at radius 3 is 2.50 bits per heavy atom. The second-order valence-electron chi connectivity index (χ2n) is 10.0. The number of Topliss-reactive ketones (excluding diaryl/α,β-unsaturated/α-hetero) is 1. The maximum Gasteiger partial charge on any atom is 0.270 e. The molecule has 6 aromatic rings. The number of nitrogens with zero attached hydrogens (tertiary/aromatic N) is 4. The monoisotopic (exact) mass is 592 g/mol. The van der Waals surface area contributed by atoms with Crippen LogP contribution in [0.25, 0.3) is 22.3 Å². The van der Waals surface area contributed by atoms with Crippen LogP contribution in [-0.4, -0.2) is 24.9 Å². The molecule has 0 bridgehead atoms. The second kappa shape index (κ2) is 11.4. The maximum atomic E-state index is 15.3. The van der Waals surface area contributed by atoms with Gasteiger partial charge in [-0.15, -0.1) is 0 Å². The lowest BCUT2D eigenvalue weighted by atomic mass is 10.0. The first-order valence-corrected chi connectivity index (χ1v) is 13.4. The van der Waals surface area contributed by atoms with Crippen molar-refractivity contribution in [2.45, 2.75) is 13.3 Å². The van der Waals surface area contributed by atoms with Crippen molar-refractivity contribution in [2.75, 3.05) is 0 Å². The minimum absolute atomic E-state index is 0.0429. The van der Waals surface area contributed by atoms with Gasteiger partial charge >= 0.3 is 0 Å². The van der Waals surface area contributed by atoms with E-state index in [2.05, 4.69) is 5.10 Å². The largest absolute Gasteiger partial charge is 0.452 e. The molecule has 0 N–H and O–H groups in total. The fourth-order valence-electron chi connectivity index (χ4n) is 5.02. The highest BCUT2D eigenvalue weighted by atomic mass is 19.1. The summed E-state index contributed by atoms with van der Waals surface area (Å²) in [5, 5.41) is 15.6. The molecule has 3 heterocycles. The van der Waals surface area contributed by atoms with Gasteiger partial charge in [0.1, 0.15) is 11.3 Å². The maximum absolute atomic E-state index is 15.3. The number of aromatic nitrogens is 3. The number of nitro groups is 1. The molecule has 0 saturated heterocycles. The van der Waals surface area contributed by atoms with Crippen molar-refractivity contribution in [2.24, 2.45) is 0 Å². The number of carbonyl (C=O) groups excluding carboxylic acids is 1. The molecule has 0 atom stereocenters. The fraction of sp³-hybridized carbons (Fsp3) is 0.0606. The van der Waals surface area contributed by atoms with Gasteiger partial charge in [-0.1, -0.05) is 18.2 Å². The summed E-state index contributed by atoms with van der Waals surface area (Å²) < 4.78 is 37.4. The SMILES string of the molecule is Cc1ccn(-c2ccc(F)cc2)c(=O)c1C(=O)Cc1ccc(Oc2ccnn3ccc(-c4cccc([N+](=O)[O-])c4)c23)c(F)c1. The van der Waals surface area contributed by atoms with Gasteiger partial charge in [0.25, 0.3) is 11.2 Å². The van der Waals surface area contributed by atoms with Crippen LogP contribution in [0.5, 0.6) is 11.5 Å². The van der Waals surface area contributed by atoms with E-state index in [-0.39, 0.29) is 29.2 Å². The molecule has 44 heavy (non-hydrogen) atoms. The molecule has 0 radical (unpaired) electrons. The fourth-order valence-corrected chi connectivity index (χ4v) is 5.02. The topological polar surface area (TPSA) is 109 Å². The van der Waals surface area contributed by atoms with E-state index in [1.54, 1.807) is 43.5 Å². The molecule has 0 aliphatic heterocycles. The Bertz CT molecular complexity index is 2140. The van der Waals surface area contributed by atoms with E-state index in [4.69, 9.17) is 4.74 Å². The van der Waals surface area contributed by atoms with Gasteiger partial charge in [-0.05, 0) is 72.1 Å². The van der Waals surface area contributed by atoms with E-state index in [1.807, 2.05) is 0 Å². The Hall–Kier alpha value is -5.97. The third-order valence-electron chi connectivity index (χ3n) is 7.15. The Morgan fingerprint density at radius 2 is 1.75 bits per heavy atom. The highest BCUT2D eigenvalue weighted by Gasteiger charge is 2.19. The Labute approximate surface area is 248 Å². The number of nitro benzene ring substituents is 1. The number of hydrogen-bond acceptors (Lipinski definition) is 6. The lowest BCUT2D eigenvalue weighted by molar-refractivity contribution is -0.384. The number of hydrogen-bond donors (Lipinski definition) is 0. The number of benzene rings is 3. The van der Waals surface area contributed by atoms with Crippen LogP contribution in [-0.2, 0) is 6.42 Å². The summed E-state index contributed by atoms with van der Waals surface area (Å²) in [6, 6.07) is 20.4. The lowest BCUT2D eigenvalue weighted by Gasteiger charge is -2.12. The molecule has 0 saturated carbocycles. The van der Waals surface area contributed by atoms with Crippen molar-refractivity contribution in [1.29, 1.82) is 0 Å². The summed E-state index contributed by atoms with van der Waals surface area (Å²) in [4.78, 5) is 37.3. The summed E-state index contributed by atoms with van der Waals surface area (Å²) in [7, 11) is 0. The van der Waals surface area contributed by atoms with E-state index in [9.17, 15) is 24.1 Å². The van der Waals surface area contributed by atoms with Gasteiger partial charge in [0.05, 0.1) is 16.7 Å². The average Bonchev–Trinajstić information content (AvgIpc) is 3.45. The Balaban J connectivity index is 1.27. The molecule has 6 rings (SSSR count). The molecule has 0 unspecified atom stereocenters. The van der Waals surface area contributed by atoms with Gasteiger partial charge in [0, 0.05) is 48.3 Å². The number of ketones is 1. The minimum Gasteiger partial charge on any atom is -0.452 e. The molecule has 0 aliphatic carbocycles. The first-order chi connectivity index (χ1) is 21.2. The smallest absolute Gasteiger partial charge is 0.270 e. The number of ether oxygens (including phenoxy) is 1. The standard InChI is InChI=1S/C33H22F2N4O5/c1-20-12-15-37(24-8-6-23(34)7-9-24)33(41)31(20)28(40)18-21-5-10-29(27(35)17-21)44-30-11-14-36-38-16-13-26(32(30)38)22-3-2-4-25(19-22)39(42)43/h2-17,19H,18H2,1H3. The average molecular weight is 593 g/mol. The second-order valence-corrected chi connectivity index (χ2v) is 10.0. The molecule has 218 valence electrons. The van der Waals surface area contributed by atoms with Crippen LogP contribution in [0.1, 0.15) is 21.5 Å². The van der Waals surface area contributed by atoms with E-state index >= 15 is 4.39 Å². The first-order valence-electron chi connectivity index (χ1n) is 13.4. The number of aryl methyl sites for hydroxylation is 1. The molecule has 9 nitrogen and oxygen atoms in total. The van der Waals surface area contributed by atoms with Crippen LogP contribution in [0.4, 0.5) is 14.5 Å². The first kappa shape index (κ1) is 28.2. The van der Waals surface area contributed by atoms with E-state index in [1.165, 1.54) is 76.1 Å². The number of fused-ring (bicyclic) bond motifs is 1. The number of halogens is 2. The normalized spacial score (nSPS) is 11.1. The third-order valence-corrected chi connectivity index (χ3v) is 7.15. The van der Waals surface area contributed by atoms with Gasteiger partial charge in [-0.3, -0.25) is 24.3 Å². The molecule has 0 spiro atoms. The van der Waals surface area contributed by atoms with Crippen LogP contribution in [0.2, 0.25) is 0 Å². The van der Waals surface area contributed by atoms with Crippen LogP contribution < -0.4 is 10.3 Å². The van der Waals surface area contributed by atoms with Crippen molar-refractivity contribution in [3.05, 3.63) is 152 Å². The van der Waals surface area contributed by atoms with Gasteiger partial charge < -0.3 is 4.74 Å². The van der Waals surface area contributed by atoms with E-state index in [0.29, 0.717) is 33.5 Å². The summed E-state index contributed by atoms with van der Waals surface area (Å²) in [6.45, 7) is 1.64. The van der Waals surface area contributed by atoms with Crippen molar-refractivity contribution >= 4 is 17.0 Å². The minimum atomic E-state index is -0.734. The zero-order valence-corrected chi connectivity index (χ0v) is 23.1. The molecule has 0 fully saturated rings. The van der Waals surface area contributed by atoms with E-state index < -0.39 is 27.9 Å². The lowest BCUT2D eigenvalue weighted by Crippen LogP contribution is -2.27. The number of carbonyl (C=O) groups is 1. The van der Waals surface area contributed by atoms with Crippen molar-refractivity contribution in [3.63, 3.8) is 0 Å². The molecular weight excluding hydrogens is 570 g/mol. The van der Waals surface area contributed by atoms with Crippen LogP contribution in [0.15, 0.2) is 108 Å². The predicted octanol–water partition coefficient (Wildman–Crippen LogP) is 6.86. The zero-order chi connectivity index (χ0) is 31.0. The van der Waals surface area contributed by atoms with Gasteiger partial charge in [-0.2, -0.15) is 5.10 Å². The molecule has 0 aliphatic rings. The molecule has 0 amide bonds. The van der Waals surface area contributed by atoms with Crippen LogP contribution in [0, 0.1) is 28.7 Å². The quantitative estimate of drug-likeness (QED) is 0.108. The molecular formula is C33H22F2N4O5. The predicted molar refractivity (Wildman–Crippen MR) is 159 cm³/mol. The number of non-ortho nitro benzene ring substituents is 1. The van der Waals surface area contributed by atoms with Crippen molar-refractivity contribution in [3.8, 4) is 28.3 Å². The van der Waals surface area contributed by atoms with Crippen molar-refractivity contribution in [1.82, 2.24) is 14.2 Å². The van der Waals surface area contributed by atoms with Gasteiger partial charge in [0.2, 0.25) is 0 Å². The summed E-state index contributed by atoms with van der Waals surface area (Å²) in [6.07, 6.45) is 4.41. The summed E-state index contributed by atoms with van der Waals surface area (Å²) in [5.41, 5.74) is 2.15. The highest BCUT2D eigenvalue weighted by molar-refractivity contribution is 5.98. The Kier molecular flexibility index (Phi) is 7.28. The van der Waals surface area contributed by atoms with Crippen LogP contribution >= 0.6 is 0 Å². The number of pyridine rings is 1. The zero-order valence-electron chi connectivity index (χ0n) is 23.1. The highest BCUT2D eigenvalue weighted by Crippen LogP contribution is 2.36. The van der Waals surface area contributed by atoms with Crippen LogP contribution in [0.3, 0.4) is 0 Å². The summed E-state index contributed by atoms with van der Waals surface area (Å²) in [5.74, 6) is -1.54. The molecule has 11 heteroatoms.